The molecular weight excluding hydrogens is 572 g/mol. The molecule has 16 heteroatoms. The van der Waals surface area contributed by atoms with E-state index in [4.69, 9.17) is 24.3 Å². The largest absolute Gasteiger partial charge is 0.462 e. The number of aliphatic hydroxyl groups is 1. The molecule has 5 N–H and O–H groups in total. The predicted molar refractivity (Wildman–Crippen MR) is 152 cm³/mol. The second-order valence-electron chi connectivity index (χ2n) is 10.3. The number of hydrogen-bond donors (Lipinski definition) is 4. The summed E-state index contributed by atoms with van der Waals surface area (Å²) in [5.74, 6) is -0.169. The number of aliphatic hydroxyl groups excluding tert-OH is 1. The highest BCUT2D eigenvalue weighted by molar-refractivity contribution is 7.52. The molecule has 1 saturated heterocycles. The van der Waals surface area contributed by atoms with Crippen LogP contribution in [0.4, 0.5) is 16.2 Å². The van der Waals surface area contributed by atoms with Gasteiger partial charge < -0.3 is 30.2 Å². The van der Waals surface area contributed by atoms with E-state index in [-0.39, 0.29) is 17.3 Å². The maximum absolute atomic E-state index is 16.1. The van der Waals surface area contributed by atoms with Crippen LogP contribution < -0.4 is 20.7 Å². The van der Waals surface area contributed by atoms with E-state index in [0.29, 0.717) is 17.9 Å². The van der Waals surface area contributed by atoms with Gasteiger partial charge in [-0.15, -0.1) is 0 Å². The summed E-state index contributed by atoms with van der Waals surface area (Å²) in [5, 5.41) is 16.6. The van der Waals surface area contributed by atoms with E-state index >= 15 is 4.39 Å². The molecule has 0 radical (unpaired) electrons. The summed E-state index contributed by atoms with van der Waals surface area (Å²) < 4.78 is 53.5. The number of hydrogen-bond acceptors (Lipinski definition) is 12. The van der Waals surface area contributed by atoms with Crippen molar-refractivity contribution in [3.8, 4) is 5.75 Å². The second kappa shape index (κ2) is 12.9. The zero-order chi connectivity index (χ0) is 30.7. The molecule has 0 aliphatic carbocycles. The number of nitrogens with one attached hydrogen (secondary N) is 2. The molecule has 1 aromatic carbocycles. The first kappa shape index (κ1) is 31.6. The van der Waals surface area contributed by atoms with Gasteiger partial charge in [0.2, 0.25) is 5.95 Å². The van der Waals surface area contributed by atoms with Crippen LogP contribution >= 0.6 is 7.75 Å². The standard InChI is InChI=1S/C26H37FN7O7P/c1-6-12-29-21-19-22(32-25(28)31-21)34(14-30-19)24-26(5,27)20(35)18(40-24)13-38-42(37,41-17-10-8-7-9-11-17)33-16(4)23(36)39-15(2)3/h7-11,14-16,18,20,24,35H,6,12-13H2,1-5H3,(H,33,37)(H3,28,29,31,32)/t16-,18+,20+,24+,26+,42?/m0/s1. The van der Waals surface area contributed by atoms with E-state index < -0.39 is 56.6 Å². The Labute approximate surface area is 242 Å². The Morgan fingerprint density at radius 2 is 2.00 bits per heavy atom. The van der Waals surface area contributed by atoms with Gasteiger partial charge in [-0.25, -0.2) is 13.9 Å². The maximum atomic E-state index is 16.1. The fourth-order valence-corrected chi connectivity index (χ4v) is 5.83. The molecule has 1 fully saturated rings. The lowest BCUT2D eigenvalue weighted by Gasteiger charge is -2.25. The van der Waals surface area contributed by atoms with Crippen molar-refractivity contribution in [3.05, 3.63) is 36.7 Å². The number of nitrogens with zero attached hydrogens (tertiary/aromatic N) is 4. The fourth-order valence-electron chi connectivity index (χ4n) is 4.33. The molecule has 0 amide bonds. The number of ether oxygens (including phenoxy) is 2. The summed E-state index contributed by atoms with van der Waals surface area (Å²) in [7, 11) is -4.29. The van der Waals surface area contributed by atoms with Gasteiger partial charge in [-0.3, -0.25) is 13.9 Å². The third kappa shape index (κ3) is 6.98. The number of alkyl halides is 1. The van der Waals surface area contributed by atoms with Crippen molar-refractivity contribution in [1.82, 2.24) is 24.6 Å². The van der Waals surface area contributed by atoms with Crippen LogP contribution in [0.3, 0.4) is 0 Å². The smallest absolute Gasteiger partial charge is 0.459 e. The molecule has 230 valence electrons. The molecule has 1 aliphatic heterocycles. The first-order chi connectivity index (χ1) is 19.8. The summed E-state index contributed by atoms with van der Waals surface area (Å²) in [6.07, 6.45) is -2.68. The van der Waals surface area contributed by atoms with Gasteiger partial charge >= 0.3 is 13.7 Å². The van der Waals surface area contributed by atoms with Crippen LogP contribution in [0.25, 0.3) is 11.2 Å². The van der Waals surface area contributed by atoms with Crippen LogP contribution in [0, 0.1) is 0 Å². The van der Waals surface area contributed by atoms with Crippen molar-refractivity contribution >= 4 is 36.6 Å². The highest BCUT2D eigenvalue weighted by atomic mass is 31.2. The molecule has 42 heavy (non-hydrogen) atoms. The molecule has 4 rings (SSSR count). The number of para-hydroxylation sites is 1. The van der Waals surface area contributed by atoms with Crippen molar-refractivity contribution in [2.75, 3.05) is 24.2 Å². The van der Waals surface area contributed by atoms with Gasteiger partial charge in [0.05, 0.1) is 19.0 Å². The van der Waals surface area contributed by atoms with E-state index in [2.05, 4.69) is 25.4 Å². The minimum atomic E-state index is -4.29. The zero-order valence-electron chi connectivity index (χ0n) is 24.1. The summed E-state index contributed by atoms with van der Waals surface area (Å²) in [4.78, 5) is 25.1. The Bertz CT molecular complexity index is 1420. The number of rotatable bonds is 13. The second-order valence-corrected chi connectivity index (χ2v) is 12.0. The molecule has 3 heterocycles. The summed E-state index contributed by atoms with van der Waals surface area (Å²) in [5.41, 5.74) is 4.08. The number of imidazole rings is 1. The summed E-state index contributed by atoms with van der Waals surface area (Å²) in [6.45, 7) is 7.98. The van der Waals surface area contributed by atoms with Gasteiger partial charge in [0, 0.05) is 6.54 Å². The molecule has 0 spiro atoms. The zero-order valence-corrected chi connectivity index (χ0v) is 25.0. The number of halogens is 1. The Hall–Kier alpha value is -3.36. The Morgan fingerprint density at radius 3 is 2.67 bits per heavy atom. The Balaban J connectivity index is 1.56. The first-order valence-corrected chi connectivity index (χ1v) is 15.1. The molecule has 3 aromatic rings. The highest BCUT2D eigenvalue weighted by Gasteiger charge is 2.56. The van der Waals surface area contributed by atoms with Gasteiger partial charge in [0.15, 0.2) is 28.9 Å². The number of carbonyl (C=O) groups excluding carboxylic acids is 1. The number of nitrogen functional groups attached to an aromatic ring is 1. The number of benzene rings is 1. The third-order valence-corrected chi connectivity index (χ3v) is 8.03. The van der Waals surface area contributed by atoms with Crippen LogP contribution in [0.2, 0.25) is 0 Å². The van der Waals surface area contributed by atoms with Crippen molar-refractivity contribution in [1.29, 1.82) is 0 Å². The maximum Gasteiger partial charge on any atom is 0.459 e. The van der Waals surface area contributed by atoms with E-state index in [1.54, 1.807) is 44.2 Å². The number of anilines is 2. The van der Waals surface area contributed by atoms with Gasteiger partial charge in [0.25, 0.3) is 0 Å². The van der Waals surface area contributed by atoms with Gasteiger partial charge in [-0.2, -0.15) is 15.1 Å². The average Bonchev–Trinajstić information content (AvgIpc) is 3.43. The first-order valence-electron chi connectivity index (χ1n) is 13.6. The van der Waals surface area contributed by atoms with Crippen LogP contribution in [0.15, 0.2) is 36.7 Å². The molecule has 0 bridgehead atoms. The molecule has 1 unspecified atom stereocenters. The highest BCUT2D eigenvalue weighted by Crippen LogP contribution is 2.48. The lowest BCUT2D eigenvalue weighted by molar-refractivity contribution is -0.149. The number of esters is 1. The SMILES string of the molecule is CCCNc1nc(N)nc2c1ncn2[C@@H]1O[C@H](COP(=O)(N[C@@H](C)C(=O)OC(C)C)Oc2ccccc2)[C@@H](O)[C@@]1(C)F. The molecule has 2 aromatic heterocycles. The monoisotopic (exact) mass is 609 g/mol. The van der Waals surface area contributed by atoms with Gasteiger partial charge in [-0.1, -0.05) is 25.1 Å². The predicted octanol–water partition coefficient (Wildman–Crippen LogP) is 3.35. The van der Waals surface area contributed by atoms with Crippen LogP contribution in [-0.4, -0.2) is 73.8 Å². The van der Waals surface area contributed by atoms with Crippen molar-refractivity contribution in [2.45, 2.75) is 77.3 Å². The van der Waals surface area contributed by atoms with Crippen LogP contribution in [0.5, 0.6) is 5.75 Å². The number of carbonyl (C=O) groups is 1. The van der Waals surface area contributed by atoms with E-state index in [9.17, 15) is 14.5 Å². The molecular formula is C26H37FN7O7P. The van der Waals surface area contributed by atoms with Gasteiger partial charge in [0.1, 0.15) is 24.0 Å². The van der Waals surface area contributed by atoms with E-state index in [0.717, 1.165) is 13.3 Å². The quantitative estimate of drug-likeness (QED) is 0.163. The lowest BCUT2D eigenvalue weighted by atomic mass is 9.98. The molecule has 14 nitrogen and oxygen atoms in total. The minimum absolute atomic E-state index is 0.0583. The number of aromatic nitrogens is 4. The Morgan fingerprint density at radius 1 is 1.29 bits per heavy atom. The van der Waals surface area contributed by atoms with Crippen molar-refractivity contribution in [3.63, 3.8) is 0 Å². The van der Waals surface area contributed by atoms with Gasteiger partial charge in [-0.05, 0) is 46.2 Å². The Kier molecular flexibility index (Phi) is 9.68. The van der Waals surface area contributed by atoms with Crippen molar-refractivity contribution < 1.29 is 37.4 Å². The summed E-state index contributed by atoms with van der Waals surface area (Å²) in [6, 6.07) is 7.06. The van der Waals surface area contributed by atoms with E-state index in [1.807, 2.05) is 6.92 Å². The molecule has 1 aliphatic rings. The number of fused-ring (bicyclic) bond motifs is 1. The summed E-state index contributed by atoms with van der Waals surface area (Å²) >= 11 is 0. The normalized spacial score (nSPS) is 24.4. The molecule has 0 saturated carbocycles. The topological polar surface area (TPSA) is 185 Å². The average molecular weight is 610 g/mol. The van der Waals surface area contributed by atoms with Crippen LogP contribution in [0.1, 0.15) is 47.3 Å². The lowest BCUT2D eigenvalue weighted by Crippen LogP contribution is -2.41. The fraction of sp³-hybridized carbons (Fsp3) is 0.538. The van der Waals surface area contributed by atoms with E-state index in [1.165, 1.54) is 17.8 Å². The van der Waals surface area contributed by atoms with Crippen LogP contribution in [-0.2, 0) is 23.4 Å². The molecule has 6 atom stereocenters. The minimum Gasteiger partial charge on any atom is -0.462 e. The third-order valence-electron chi connectivity index (χ3n) is 6.39. The number of nitrogens with two attached hydrogens (primary N) is 1. The van der Waals surface area contributed by atoms with Crippen molar-refractivity contribution in [2.24, 2.45) is 0 Å².